The summed E-state index contributed by atoms with van der Waals surface area (Å²) < 4.78 is 0. The van der Waals surface area contributed by atoms with Crippen molar-refractivity contribution in [2.45, 2.75) is 39.7 Å². The lowest BCUT2D eigenvalue weighted by atomic mass is 10.2. The molecule has 0 spiro atoms. The fourth-order valence-electron chi connectivity index (χ4n) is 1.59. The van der Waals surface area contributed by atoms with Gasteiger partial charge in [-0.05, 0) is 20.3 Å². The van der Waals surface area contributed by atoms with Gasteiger partial charge in [-0.15, -0.1) is 0 Å². The first kappa shape index (κ1) is 13.7. The standard InChI is InChI=1S/C12H22N4O/c1-4-6-10(17)8-14-12-7-11(13-5-2)15-9(3)16-12/h7,10,17H,4-6,8H2,1-3H3,(H2,13,14,15,16). The summed E-state index contributed by atoms with van der Waals surface area (Å²) in [6, 6.07) is 1.86. The van der Waals surface area contributed by atoms with E-state index >= 15 is 0 Å². The molecule has 0 radical (unpaired) electrons. The second-order valence-corrected chi connectivity index (χ2v) is 4.04. The zero-order valence-electron chi connectivity index (χ0n) is 10.8. The van der Waals surface area contributed by atoms with E-state index in [1.54, 1.807) is 0 Å². The van der Waals surface area contributed by atoms with Crippen LogP contribution in [0, 0.1) is 6.92 Å². The average Bonchev–Trinajstić information content (AvgIpc) is 2.26. The van der Waals surface area contributed by atoms with E-state index in [0.717, 1.165) is 36.8 Å². The van der Waals surface area contributed by atoms with Crippen LogP contribution in [0.5, 0.6) is 0 Å². The number of aryl methyl sites for hydroxylation is 1. The first-order valence-corrected chi connectivity index (χ1v) is 6.17. The minimum Gasteiger partial charge on any atom is -0.391 e. The highest BCUT2D eigenvalue weighted by Gasteiger charge is 2.04. The van der Waals surface area contributed by atoms with Crippen LogP contribution < -0.4 is 10.6 Å². The van der Waals surface area contributed by atoms with Gasteiger partial charge in [0.05, 0.1) is 6.10 Å². The molecule has 0 aromatic carbocycles. The molecular weight excluding hydrogens is 216 g/mol. The van der Waals surface area contributed by atoms with Crippen molar-refractivity contribution in [1.82, 2.24) is 9.97 Å². The number of hydrogen-bond donors (Lipinski definition) is 3. The number of aliphatic hydroxyl groups excluding tert-OH is 1. The van der Waals surface area contributed by atoms with Crippen LogP contribution in [0.1, 0.15) is 32.5 Å². The second kappa shape index (κ2) is 7.06. The van der Waals surface area contributed by atoms with E-state index in [4.69, 9.17) is 0 Å². The maximum absolute atomic E-state index is 9.63. The fourth-order valence-corrected chi connectivity index (χ4v) is 1.59. The van der Waals surface area contributed by atoms with Crippen molar-refractivity contribution in [3.63, 3.8) is 0 Å². The van der Waals surface area contributed by atoms with Crippen LogP contribution >= 0.6 is 0 Å². The van der Waals surface area contributed by atoms with Crippen LogP contribution in [-0.4, -0.2) is 34.3 Å². The van der Waals surface area contributed by atoms with Crippen LogP contribution in [0.2, 0.25) is 0 Å². The van der Waals surface area contributed by atoms with Crippen molar-refractivity contribution in [2.75, 3.05) is 23.7 Å². The molecule has 96 valence electrons. The molecule has 0 bridgehead atoms. The van der Waals surface area contributed by atoms with Crippen molar-refractivity contribution in [3.8, 4) is 0 Å². The summed E-state index contributed by atoms with van der Waals surface area (Å²) in [4.78, 5) is 8.54. The van der Waals surface area contributed by atoms with Gasteiger partial charge < -0.3 is 15.7 Å². The lowest BCUT2D eigenvalue weighted by Gasteiger charge is -2.12. The topological polar surface area (TPSA) is 70.1 Å². The van der Waals surface area contributed by atoms with E-state index in [0.29, 0.717) is 6.54 Å². The van der Waals surface area contributed by atoms with E-state index in [1.165, 1.54) is 0 Å². The predicted octanol–water partition coefficient (Wildman–Crippen LogP) is 1.79. The maximum Gasteiger partial charge on any atom is 0.131 e. The first-order valence-electron chi connectivity index (χ1n) is 6.17. The second-order valence-electron chi connectivity index (χ2n) is 4.04. The van der Waals surface area contributed by atoms with Gasteiger partial charge in [0.2, 0.25) is 0 Å². The minimum absolute atomic E-state index is 0.321. The molecule has 0 saturated heterocycles. The van der Waals surface area contributed by atoms with Gasteiger partial charge in [-0.3, -0.25) is 0 Å². The monoisotopic (exact) mass is 238 g/mol. The van der Waals surface area contributed by atoms with E-state index in [2.05, 4.69) is 27.5 Å². The maximum atomic E-state index is 9.63. The van der Waals surface area contributed by atoms with Crippen molar-refractivity contribution in [1.29, 1.82) is 0 Å². The molecule has 1 aromatic heterocycles. The van der Waals surface area contributed by atoms with Gasteiger partial charge in [0.1, 0.15) is 17.5 Å². The SMILES string of the molecule is CCCC(O)CNc1cc(NCC)nc(C)n1. The molecule has 1 unspecified atom stereocenters. The Balaban J connectivity index is 2.57. The summed E-state index contributed by atoms with van der Waals surface area (Å²) in [6.45, 7) is 7.29. The zero-order valence-corrected chi connectivity index (χ0v) is 10.8. The number of aliphatic hydroxyl groups is 1. The van der Waals surface area contributed by atoms with Crippen LogP contribution in [0.3, 0.4) is 0 Å². The smallest absolute Gasteiger partial charge is 0.131 e. The fraction of sp³-hybridized carbons (Fsp3) is 0.667. The molecule has 1 rings (SSSR count). The lowest BCUT2D eigenvalue weighted by molar-refractivity contribution is 0.176. The average molecular weight is 238 g/mol. The van der Waals surface area contributed by atoms with Crippen LogP contribution in [0.4, 0.5) is 11.6 Å². The third kappa shape index (κ3) is 4.99. The Morgan fingerprint density at radius 3 is 2.47 bits per heavy atom. The van der Waals surface area contributed by atoms with Gasteiger partial charge in [0.15, 0.2) is 0 Å². The number of nitrogens with one attached hydrogen (secondary N) is 2. The number of rotatable bonds is 7. The van der Waals surface area contributed by atoms with Gasteiger partial charge in [-0.1, -0.05) is 13.3 Å². The van der Waals surface area contributed by atoms with E-state index in [9.17, 15) is 5.11 Å². The Labute approximate surface area is 103 Å². The molecule has 5 nitrogen and oxygen atoms in total. The van der Waals surface area contributed by atoms with Gasteiger partial charge in [-0.2, -0.15) is 0 Å². The third-order valence-corrected chi connectivity index (χ3v) is 2.34. The predicted molar refractivity (Wildman–Crippen MR) is 70.3 cm³/mol. The highest BCUT2D eigenvalue weighted by molar-refractivity contribution is 5.47. The van der Waals surface area contributed by atoms with Crippen molar-refractivity contribution in [3.05, 3.63) is 11.9 Å². The van der Waals surface area contributed by atoms with Crippen molar-refractivity contribution >= 4 is 11.6 Å². The zero-order chi connectivity index (χ0) is 12.7. The van der Waals surface area contributed by atoms with Gasteiger partial charge >= 0.3 is 0 Å². The molecule has 5 heteroatoms. The summed E-state index contributed by atoms with van der Waals surface area (Å²) in [5.41, 5.74) is 0. The highest BCUT2D eigenvalue weighted by Crippen LogP contribution is 2.11. The Hall–Kier alpha value is -1.36. The summed E-state index contributed by atoms with van der Waals surface area (Å²) in [7, 11) is 0. The summed E-state index contributed by atoms with van der Waals surface area (Å²) in [6.07, 6.45) is 1.46. The molecular formula is C12H22N4O. The van der Waals surface area contributed by atoms with Crippen LogP contribution in [-0.2, 0) is 0 Å². The largest absolute Gasteiger partial charge is 0.391 e. The molecule has 0 aliphatic rings. The minimum atomic E-state index is -0.321. The number of nitrogens with zero attached hydrogens (tertiary/aromatic N) is 2. The summed E-state index contributed by atoms with van der Waals surface area (Å²) in [5.74, 6) is 2.28. The van der Waals surface area contributed by atoms with Gasteiger partial charge in [-0.25, -0.2) is 9.97 Å². The molecule has 0 aliphatic carbocycles. The van der Waals surface area contributed by atoms with Crippen molar-refractivity contribution < 1.29 is 5.11 Å². The van der Waals surface area contributed by atoms with Crippen molar-refractivity contribution in [2.24, 2.45) is 0 Å². The molecule has 1 heterocycles. The quantitative estimate of drug-likeness (QED) is 0.675. The number of anilines is 2. The Morgan fingerprint density at radius 1 is 1.24 bits per heavy atom. The van der Waals surface area contributed by atoms with E-state index < -0.39 is 0 Å². The molecule has 0 saturated carbocycles. The van der Waals surface area contributed by atoms with Crippen LogP contribution in [0.25, 0.3) is 0 Å². The molecule has 1 atom stereocenters. The van der Waals surface area contributed by atoms with Crippen LogP contribution in [0.15, 0.2) is 6.07 Å². The summed E-state index contributed by atoms with van der Waals surface area (Å²) >= 11 is 0. The Kier molecular flexibility index (Phi) is 5.69. The van der Waals surface area contributed by atoms with E-state index in [-0.39, 0.29) is 6.10 Å². The number of aromatic nitrogens is 2. The Morgan fingerprint density at radius 2 is 1.88 bits per heavy atom. The van der Waals surface area contributed by atoms with E-state index in [1.807, 2.05) is 19.9 Å². The lowest BCUT2D eigenvalue weighted by Crippen LogP contribution is -2.20. The third-order valence-electron chi connectivity index (χ3n) is 2.34. The van der Waals surface area contributed by atoms with Gasteiger partial charge in [0.25, 0.3) is 0 Å². The first-order chi connectivity index (χ1) is 8.15. The Bertz CT molecular complexity index is 343. The molecule has 17 heavy (non-hydrogen) atoms. The highest BCUT2D eigenvalue weighted by atomic mass is 16.3. The normalized spacial score (nSPS) is 12.2. The summed E-state index contributed by atoms with van der Waals surface area (Å²) in [5, 5.41) is 15.9. The molecule has 0 aliphatic heterocycles. The van der Waals surface area contributed by atoms with Gasteiger partial charge in [0, 0.05) is 19.2 Å². The molecule has 3 N–H and O–H groups in total. The molecule has 0 fully saturated rings. The number of hydrogen-bond acceptors (Lipinski definition) is 5. The molecule has 0 amide bonds. The molecule has 1 aromatic rings.